The summed E-state index contributed by atoms with van der Waals surface area (Å²) in [6, 6.07) is 2.07. The first kappa shape index (κ1) is 29.6. The Morgan fingerprint density at radius 2 is 2.00 bits per heavy atom. The van der Waals surface area contributed by atoms with Crippen molar-refractivity contribution in [1.29, 1.82) is 0 Å². The van der Waals surface area contributed by atoms with Crippen LogP contribution in [0.4, 0.5) is 4.79 Å². The van der Waals surface area contributed by atoms with E-state index in [2.05, 4.69) is 57.3 Å². The highest BCUT2D eigenvalue weighted by atomic mass is 16.6. The number of aliphatic imine (C=N–C) groups is 2. The molecule has 0 aliphatic heterocycles. The molecule has 37 heavy (non-hydrogen) atoms. The summed E-state index contributed by atoms with van der Waals surface area (Å²) >= 11 is 0. The molecule has 2 rings (SSSR count). The SMILES string of the molecule is C=NC(N)=N/C(=C(\C)CCCNC(=O)OC(C)(C)C)c1cn(C(C)C)c2cnc(C#CC(C)(C)O)cc12. The van der Waals surface area contributed by atoms with Gasteiger partial charge in [0.25, 0.3) is 0 Å². The third-order valence-electron chi connectivity index (χ3n) is 5.22. The summed E-state index contributed by atoms with van der Waals surface area (Å²) in [5, 5.41) is 13.7. The molecule has 1 amide bonds. The normalized spacial score (nSPS) is 13.2. The smallest absolute Gasteiger partial charge is 0.407 e. The van der Waals surface area contributed by atoms with Gasteiger partial charge in [-0.25, -0.2) is 19.8 Å². The second-order valence-electron chi connectivity index (χ2n) is 10.7. The molecule has 0 unspecified atom stereocenters. The molecule has 0 aliphatic carbocycles. The van der Waals surface area contributed by atoms with Crippen molar-refractivity contribution in [3.63, 3.8) is 0 Å². The third-order valence-corrected chi connectivity index (χ3v) is 5.22. The minimum absolute atomic E-state index is 0.0581. The van der Waals surface area contributed by atoms with Gasteiger partial charge in [-0.2, -0.15) is 0 Å². The maximum absolute atomic E-state index is 12.0. The van der Waals surface area contributed by atoms with E-state index in [4.69, 9.17) is 10.5 Å². The van der Waals surface area contributed by atoms with Crippen molar-refractivity contribution in [3.8, 4) is 11.8 Å². The number of guanidine groups is 1. The van der Waals surface area contributed by atoms with Crippen molar-refractivity contribution >= 4 is 35.4 Å². The molecule has 0 saturated heterocycles. The molecule has 0 atom stereocenters. The maximum Gasteiger partial charge on any atom is 0.407 e. The number of pyridine rings is 1. The molecule has 4 N–H and O–H groups in total. The lowest BCUT2D eigenvalue weighted by molar-refractivity contribution is 0.0527. The van der Waals surface area contributed by atoms with Crippen molar-refractivity contribution in [1.82, 2.24) is 14.9 Å². The Kier molecular flexibility index (Phi) is 9.65. The van der Waals surface area contributed by atoms with E-state index < -0.39 is 17.3 Å². The van der Waals surface area contributed by atoms with Crippen LogP contribution in [0, 0.1) is 11.8 Å². The van der Waals surface area contributed by atoms with Crippen LogP contribution >= 0.6 is 0 Å². The molecule has 0 aromatic carbocycles. The Morgan fingerprint density at radius 1 is 1.32 bits per heavy atom. The van der Waals surface area contributed by atoms with E-state index in [0.717, 1.165) is 22.0 Å². The fraction of sp³-hybridized carbons (Fsp3) is 0.500. The highest BCUT2D eigenvalue weighted by Crippen LogP contribution is 2.33. The summed E-state index contributed by atoms with van der Waals surface area (Å²) in [7, 11) is 0. The Hall–Kier alpha value is -3.64. The molecule has 0 spiro atoms. The molecule has 0 fully saturated rings. The maximum atomic E-state index is 12.0. The average Bonchev–Trinajstić information content (AvgIpc) is 3.16. The summed E-state index contributed by atoms with van der Waals surface area (Å²) in [4.78, 5) is 24.8. The molecular weight excluding hydrogens is 468 g/mol. The number of ether oxygens (including phenoxy) is 1. The van der Waals surface area contributed by atoms with Gasteiger partial charge >= 0.3 is 6.09 Å². The average molecular weight is 509 g/mol. The number of rotatable bonds is 7. The van der Waals surface area contributed by atoms with Gasteiger partial charge in [-0.05, 0) is 92.5 Å². The number of alkyl carbamates (subject to hydrolysis) is 1. The zero-order valence-corrected chi connectivity index (χ0v) is 23.3. The van der Waals surface area contributed by atoms with Crippen LogP contribution in [0.2, 0.25) is 0 Å². The van der Waals surface area contributed by atoms with E-state index >= 15 is 0 Å². The van der Waals surface area contributed by atoms with E-state index in [-0.39, 0.29) is 12.0 Å². The number of allylic oxidation sites excluding steroid dienone is 1. The van der Waals surface area contributed by atoms with Crippen LogP contribution in [0.15, 0.2) is 34.0 Å². The number of nitrogens with zero attached hydrogens (tertiary/aromatic N) is 4. The van der Waals surface area contributed by atoms with E-state index in [1.54, 1.807) is 20.0 Å². The van der Waals surface area contributed by atoms with Crippen molar-refractivity contribution < 1.29 is 14.6 Å². The van der Waals surface area contributed by atoms with Gasteiger partial charge in [0.05, 0.1) is 17.4 Å². The van der Waals surface area contributed by atoms with Gasteiger partial charge in [0, 0.05) is 29.7 Å². The number of hydrogen-bond acceptors (Lipinski definition) is 5. The van der Waals surface area contributed by atoms with Crippen molar-refractivity contribution in [2.75, 3.05) is 6.54 Å². The third kappa shape index (κ3) is 9.07. The van der Waals surface area contributed by atoms with Gasteiger partial charge in [0.15, 0.2) is 0 Å². The van der Waals surface area contributed by atoms with E-state index in [1.807, 2.05) is 40.0 Å². The first-order chi connectivity index (χ1) is 17.1. The summed E-state index contributed by atoms with van der Waals surface area (Å²) in [5.74, 6) is 5.82. The molecule has 2 heterocycles. The topological polar surface area (TPSA) is 127 Å². The number of fused-ring (bicyclic) bond motifs is 1. The van der Waals surface area contributed by atoms with Crippen molar-refractivity contribution in [3.05, 3.63) is 35.3 Å². The lowest BCUT2D eigenvalue weighted by Crippen LogP contribution is -2.33. The molecule has 0 radical (unpaired) electrons. The van der Waals surface area contributed by atoms with Crippen LogP contribution in [-0.2, 0) is 4.74 Å². The molecule has 9 heteroatoms. The second kappa shape index (κ2) is 12.1. The van der Waals surface area contributed by atoms with Gasteiger partial charge in [-0.1, -0.05) is 5.92 Å². The Balaban J connectivity index is 2.50. The largest absolute Gasteiger partial charge is 0.444 e. The fourth-order valence-corrected chi connectivity index (χ4v) is 3.56. The van der Waals surface area contributed by atoms with Crippen LogP contribution < -0.4 is 11.1 Å². The predicted molar refractivity (Wildman–Crippen MR) is 151 cm³/mol. The van der Waals surface area contributed by atoms with Crippen LogP contribution in [-0.4, -0.2) is 51.2 Å². The monoisotopic (exact) mass is 508 g/mol. The molecule has 0 bridgehead atoms. The Morgan fingerprint density at radius 3 is 2.57 bits per heavy atom. The zero-order chi connectivity index (χ0) is 28.0. The van der Waals surface area contributed by atoms with E-state index in [9.17, 15) is 9.90 Å². The molecular formula is C28H40N6O3. The van der Waals surface area contributed by atoms with Gasteiger partial charge in [0.1, 0.15) is 16.9 Å². The minimum Gasteiger partial charge on any atom is -0.444 e. The lowest BCUT2D eigenvalue weighted by Gasteiger charge is -2.19. The number of carbonyl (C=O) groups is 1. The van der Waals surface area contributed by atoms with Gasteiger partial charge in [-0.3, -0.25) is 0 Å². The summed E-state index contributed by atoms with van der Waals surface area (Å²) in [5.41, 5.74) is 8.28. The number of hydrogen-bond donors (Lipinski definition) is 3. The number of carbonyl (C=O) groups excluding carboxylic acids is 1. The van der Waals surface area contributed by atoms with Crippen LogP contribution in [0.5, 0.6) is 0 Å². The summed E-state index contributed by atoms with van der Waals surface area (Å²) < 4.78 is 7.42. The first-order valence-electron chi connectivity index (χ1n) is 12.4. The zero-order valence-electron chi connectivity index (χ0n) is 23.3. The van der Waals surface area contributed by atoms with Gasteiger partial charge in [-0.15, -0.1) is 0 Å². The molecule has 0 saturated carbocycles. The van der Waals surface area contributed by atoms with Crippen LogP contribution in [0.3, 0.4) is 0 Å². The lowest BCUT2D eigenvalue weighted by atomic mass is 10.0. The number of nitrogens with two attached hydrogens (primary N) is 1. The van der Waals surface area contributed by atoms with Gasteiger partial charge in [0.2, 0.25) is 5.96 Å². The molecule has 2 aromatic rings. The summed E-state index contributed by atoms with van der Waals surface area (Å²) in [6.07, 6.45) is 4.70. The summed E-state index contributed by atoms with van der Waals surface area (Å²) in [6.45, 7) is 18.8. The number of aromatic nitrogens is 2. The Bertz CT molecular complexity index is 1260. The molecule has 9 nitrogen and oxygen atoms in total. The van der Waals surface area contributed by atoms with Crippen molar-refractivity contribution in [2.45, 2.75) is 85.5 Å². The standard InChI is InChI=1S/C28H40N6O3/c1-18(2)34-17-22(21-15-20(32-16-23(21)34)12-13-28(7,8)36)24(33-25(29)30-9)19(3)11-10-14-31-26(35)37-27(4,5)6/h15-18,36H,9-11,14H2,1-8H3,(H2,29,33)(H,31,35)/b24-19+. The molecule has 0 aliphatic rings. The molecule has 2 aromatic heterocycles. The van der Waals surface area contributed by atoms with E-state index in [1.165, 1.54) is 0 Å². The predicted octanol–water partition coefficient (Wildman–Crippen LogP) is 4.79. The quantitative estimate of drug-likeness (QED) is 0.214. The highest BCUT2D eigenvalue weighted by molar-refractivity contribution is 5.97. The number of amides is 1. The highest BCUT2D eigenvalue weighted by Gasteiger charge is 2.18. The van der Waals surface area contributed by atoms with E-state index in [0.29, 0.717) is 30.8 Å². The number of nitrogens with one attached hydrogen (secondary N) is 1. The van der Waals surface area contributed by atoms with Gasteiger partial charge < -0.3 is 25.5 Å². The first-order valence-corrected chi connectivity index (χ1v) is 12.4. The van der Waals surface area contributed by atoms with Crippen LogP contribution in [0.1, 0.15) is 85.5 Å². The minimum atomic E-state index is -1.13. The van der Waals surface area contributed by atoms with Crippen molar-refractivity contribution in [2.24, 2.45) is 15.7 Å². The van der Waals surface area contributed by atoms with Crippen LogP contribution in [0.25, 0.3) is 16.6 Å². The fourth-order valence-electron chi connectivity index (χ4n) is 3.56. The molecule has 200 valence electrons. The number of aliphatic hydroxyl groups is 1. The second-order valence-corrected chi connectivity index (χ2v) is 10.7. The Labute approximate surface area is 219 Å².